The first-order chi connectivity index (χ1) is 12.1. The number of benzene rings is 2. The Hall–Kier alpha value is -2.79. The molecule has 0 aliphatic carbocycles. The molecule has 5 nitrogen and oxygen atoms in total. The second kappa shape index (κ2) is 7.85. The summed E-state index contributed by atoms with van der Waals surface area (Å²) in [6.45, 7) is 2.75. The molecular weight excluding hydrogens is 320 g/mol. The highest BCUT2D eigenvalue weighted by atomic mass is 16.5. The Morgan fingerprint density at radius 3 is 2.72 bits per heavy atom. The van der Waals surface area contributed by atoms with Crippen molar-refractivity contribution < 1.29 is 23.8 Å². The van der Waals surface area contributed by atoms with E-state index < -0.39 is 12.6 Å². The Kier molecular flexibility index (Phi) is 5.36. The largest absolute Gasteiger partial charge is 0.479 e. The van der Waals surface area contributed by atoms with Crippen molar-refractivity contribution in [3.05, 3.63) is 65.9 Å². The highest BCUT2D eigenvalue weighted by Crippen LogP contribution is 2.30. The lowest BCUT2D eigenvalue weighted by atomic mass is 10.0. The van der Waals surface area contributed by atoms with Crippen LogP contribution in [-0.4, -0.2) is 24.3 Å². The van der Waals surface area contributed by atoms with Crippen LogP contribution in [0, 0.1) is 0 Å². The van der Waals surface area contributed by atoms with Crippen LogP contribution in [0.2, 0.25) is 0 Å². The molecule has 2 aromatic carbocycles. The molecular formula is C20H20O5. The summed E-state index contributed by atoms with van der Waals surface area (Å²) >= 11 is 0. The molecule has 1 aromatic heterocycles. The number of aliphatic carboxylic acids is 1. The minimum absolute atomic E-state index is 0.300. The molecule has 0 aliphatic rings. The predicted octanol–water partition coefficient (Wildman–Crippen LogP) is 4.22. The van der Waals surface area contributed by atoms with Crippen LogP contribution in [0.5, 0.6) is 5.75 Å². The Labute approximate surface area is 145 Å². The monoisotopic (exact) mass is 340 g/mol. The van der Waals surface area contributed by atoms with Crippen LogP contribution in [0.15, 0.2) is 59.2 Å². The summed E-state index contributed by atoms with van der Waals surface area (Å²) in [6, 6.07) is 15.6. The maximum absolute atomic E-state index is 10.7. The summed E-state index contributed by atoms with van der Waals surface area (Å²) in [5.41, 5.74) is 2.69. The third-order valence-electron chi connectivity index (χ3n) is 3.99. The number of carbonyl (C=O) groups is 1. The van der Waals surface area contributed by atoms with Crippen LogP contribution < -0.4 is 4.74 Å². The van der Waals surface area contributed by atoms with Crippen molar-refractivity contribution in [3.8, 4) is 5.75 Å². The number of hydrogen-bond acceptors (Lipinski definition) is 4. The first-order valence-corrected chi connectivity index (χ1v) is 8.11. The van der Waals surface area contributed by atoms with E-state index >= 15 is 0 Å². The maximum Gasteiger partial charge on any atom is 0.341 e. The summed E-state index contributed by atoms with van der Waals surface area (Å²) in [5, 5.41) is 9.61. The number of rotatable bonds is 8. The Morgan fingerprint density at radius 2 is 1.96 bits per heavy atom. The molecule has 1 heterocycles. The smallest absolute Gasteiger partial charge is 0.341 e. The second-order valence-electron chi connectivity index (χ2n) is 5.90. The van der Waals surface area contributed by atoms with E-state index in [2.05, 4.69) is 19.1 Å². The summed E-state index contributed by atoms with van der Waals surface area (Å²) in [6.07, 6.45) is 1.63. The molecule has 0 bridgehead atoms. The molecule has 1 N–H and O–H groups in total. The van der Waals surface area contributed by atoms with E-state index in [-0.39, 0.29) is 0 Å². The molecule has 0 saturated heterocycles. The van der Waals surface area contributed by atoms with Gasteiger partial charge in [0.15, 0.2) is 17.9 Å². The van der Waals surface area contributed by atoms with Gasteiger partial charge in [0, 0.05) is 16.9 Å². The molecule has 5 heteroatoms. The number of furan rings is 1. The zero-order chi connectivity index (χ0) is 17.6. The summed E-state index contributed by atoms with van der Waals surface area (Å²) < 4.78 is 16.7. The molecule has 0 amide bonds. The van der Waals surface area contributed by atoms with Gasteiger partial charge in [0.05, 0.1) is 19.5 Å². The van der Waals surface area contributed by atoms with Gasteiger partial charge in [0.2, 0.25) is 0 Å². The molecule has 3 aromatic rings. The van der Waals surface area contributed by atoms with Crippen LogP contribution in [-0.2, 0) is 16.1 Å². The van der Waals surface area contributed by atoms with Crippen LogP contribution in [0.4, 0.5) is 0 Å². The minimum Gasteiger partial charge on any atom is -0.479 e. The fourth-order valence-electron chi connectivity index (χ4n) is 2.67. The van der Waals surface area contributed by atoms with Crippen LogP contribution in [0.1, 0.15) is 24.0 Å². The molecule has 0 aliphatic heterocycles. The van der Waals surface area contributed by atoms with Crippen molar-refractivity contribution in [3.63, 3.8) is 0 Å². The fraction of sp³-hybridized carbons (Fsp3) is 0.250. The number of hydrogen-bond donors (Lipinski definition) is 1. The summed E-state index contributed by atoms with van der Waals surface area (Å²) in [7, 11) is 0. The van der Waals surface area contributed by atoms with E-state index in [1.165, 1.54) is 5.56 Å². The minimum atomic E-state index is -1.03. The lowest BCUT2D eigenvalue weighted by Crippen LogP contribution is -2.09. The zero-order valence-electron chi connectivity index (χ0n) is 14.0. The van der Waals surface area contributed by atoms with Gasteiger partial charge in [-0.15, -0.1) is 0 Å². The van der Waals surface area contributed by atoms with Crippen LogP contribution in [0.25, 0.3) is 11.0 Å². The van der Waals surface area contributed by atoms with Gasteiger partial charge in [-0.2, -0.15) is 0 Å². The zero-order valence-corrected chi connectivity index (χ0v) is 14.0. The summed E-state index contributed by atoms with van der Waals surface area (Å²) in [4.78, 5) is 10.7. The van der Waals surface area contributed by atoms with Gasteiger partial charge < -0.3 is 19.0 Å². The van der Waals surface area contributed by atoms with E-state index in [1.807, 2.05) is 30.3 Å². The molecule has 0 saturated carbocycles. The highest BCUT2D eigenvalue weighted by Gasteiger charge is 2.13. The van der Waals surface area contributed by atoms with Gasteiger partial charge in [0.1, 0.15) is 0 Å². The maximum atomic E-state index is 10.7. The quantitative estimate of drug-likeness (QED) is 0.665. The van der Waals surface area contributed by atoms with Crippen molar-refractivity contribution in [2.75, 3.05) is 13.2 Å². The topological polar surface area (TPSA) is 68.9 Å². The van der Waals surface area contributed by atoms with E-state index in [4.69, 9.17) is 19.0 Å². The molecule has 0 radical (unpaired) electrons. The van der Waals surface area contributed by atoms with Crippen molar-refractivity contribution in [1.82, 2.24) is 0 Å². The van der Waals surface area contributed by atoms with Crippen LogP contribution in [0.3, 0.4) is 0 Å². The molecule has 3 rings (SSSR count). The summed E-state index contributed by atoms with van der Waals surface area (Å²) in [5.74, 6) is -0.306. The third-order valence-corrected chi connectivity index (χ3v) is 3.99. The number of carboxylic acids is 1. The van der Waals surface area contributed by atoms with E-state index in [1.54, 1.807) is 12.3 Å². The second-order valence-corrected chi connectivity index (χ2v) is 5.90. The van der Waals surface area contributed by atoms with Crippen molar-refractivity contribution in [1.29, 1.82) is 0 Å². The van der Waals surface area contributed by atoms with Gasteiger partial charge >= 0.3 is 5.97 Å². The Balaban J connectivity index is 1.64. The van der Waals surface area contributed by atoms with E-state index in [0.717, 1.165) is 10.9 Å². The van der Waals surface area contributed by atoms with Crippen LogP contribution >= 0.6 is 0 Å². The Morgan fingerprint density at radius 1 is 1.16 bits per heavy atom. The van der Waals surface area contributed by atoms with Crippen molar-refractivity contribution in [2.24, 2.45) is 0 Å². The Bertz CT molecular complexity index is 838. The molecule has 0 spiro atoms. The average molecular weight is 340 g/mol. The fourth-order valence-corrected chi connectivity index (χ4v) is 2.67. The van der Waals surface area contributed by atoms with E-state index in [9.17, 15) is 4.79 Å². The first-order valence-electron chi connectivity index (χ1n) is 8.11. The number of para-hydroxylation sites is 1. The van der Waals surface area contributed by atoms with Gasteiger partial charge in [-0.3, -0.25) is 0 Å². The lowest BCUT2D eigenvalue weighted by molar-refractivity contribution is -0.139. The normalized spacial score (nSPS) is 12.2. The molecule has 1 atom stereocenters. The van der Waals surface area contributed by atoms with Gasteiger partial charge in [0.25, 0.3) is 0 Å². The first kappa shape index (κ1) is 17.0. The van der Waals surface area contributed by atoms with Crippen molar-refractivity contribution in [2.45, 2.75) is 19.4 Å². The molecule has 25 heavy (non-hydrogen) atoms. The van der Waals surface area contributed by atoms with Gasteiger partial charge in [-0.05, 0) is 11.6 Å². The third kappa shape index (κ3) is 4.19. The standard InChI is InChI=1S/C20H20O5/c1-14(15-6-3-2-4-7-15)10-23-11-16-12-25-20-17(16)8-5-9-18(20)24-13-19(21)22/h2-9,12,14H,10-11,13H2,1H3,(H,21,22). The van der Waals surface area contributed by atoms with Gasteiger partial charge in [-0.1, -0.05) is 49.4 Å². The molecule has 0 fully saturated rings. The molecule has 130 valence electrons. The number of fused-ring (bicyclic) bond motifs is 1. The van der Waals surface area contributed by atoms with Crippen molar-refractivity contribution >= 4 is 16.9 Å². The molecule has 1 unspecified atom stereocenters. The highest BCUT2D eigenvalue weighted by molar-refractivity contribution is 5.86. The average Bonchev–Trinajstić information content (AvgIpc) is 3.04. The van der Waals surface area contributed by atoms with Gasteiger partial charge in [-0.25, -0.2) is 4.79 Å². The van der Waals surface area contributed by atoms with E-state index in [0.29, 0.717) is 30.5 Å². The SMILES string of the molecule is CC(COCc1coc2c(OCC(=O)O)cccc12)c1ccccc1. The number of ether oxygens (including phenoxy) is 2. The lowest BCUT2D eigenvalue weighted by Gasteiger charge is -2.12. The number of carboxylic acid groups (broad SMARTS) is 1. The predicted molar refractivity (Wildman–Crippen MR) is 93.9 cm³/mol.